The highest BCUT2D eigenvalue weighted by Gasteiger charge is 2.07. The molecule has 2 aromatic heterocycles. The van der Waals surface area contributed by atoms with E-state index in [9.17, 15) is 0 Å². The van der Waals surface area contributed by atoms with E-state index in [4.69, 9.17) is 0 Å². The van der Waals surface area contributed by atoms with Crippen LogP contribution in [0.15, 0.2) is 41.1 Å². The van der Waals surface area contributed by atoms with Crippen LogP contribution >= 0.6 is 15.9 Å². The summed E-state index contributed by atoms with van der Waals surface area (Å²) < 4.78 is 3.30. The molecule has 3 heteroatoms. The standard InChI is InChI=1S/C12H9BrN2/c1-15-11-4-5-14-7-10(11)9-3-2-8(13)6-12(9)15/h2-7H,1H3. The zero-order valence-electron chi connectivity index (χ0n) is 8.24. The average Bonchev–Trinajstić information content (AvgIpc) is 2.54. The van der Waals surface area contributed by atoms with Crippen LogP contribution in [0.5, 0.6) is 0 Å². The van der Waals surface area contributed by atoms with E-state index in [1.54, 1.807) is 0 Å². The maximum atomic E-state index is 4.17. The van der Waals surface area contributed by atoms with Gasteiger partial charge in [-0.3, -0.25) is 4.98 Å². The van der Waals surface area contributed by atoms with E-state index < -0.39 is 0 Å². The van der Waals surface area contributed by atoms with Crippen LogP contribution in [0.1, 0.15) is 0 Å². The van der Waals surface area contributed by atoms with Gasteiger partial charge in [0.25, 0.3) is 0 Å². The van der Waals surface area contributed by atoms with E-state index in [1.165, 1.54) is 21.8 Å². The quantitative estimate of drug-likeness (QED) is 0.605. The Morgan fingerprint density at radius 1 is 1.13 bits per heavy atom. The van der Waals surface area contributed by atoms with Crippen LogP contribution in [-0.2, 0) is 7.05 Å². The van der Waals surface area contributed by atoms with Crippen LogP contribution in [-0.4, -0.2) is 9.55 Å². The van der Waals surface area contributed by atoms with Gasteiger partial charge in [-0.2, -0.15) is 0 Å². The number of nitrogens with zero attached hydrogens (tertiary/aromatic N) is 2. The fraction of sp³-hybridized carbons (Fsp3) is 0.0833. The lowest BCUT2D eigenvalue weighted by Gasteiger charge is -1.97. The first-order valence-electron chi connectivity index (χ1n) is 4.75. The molecule has 0 fully saturated rings. The highest BCUT2D eigenvalue weighted by molar-refractivity contribution is 9.10. The summed E-state index contributed by atoms with van der Waals surface area (Å²) in [6, 6.07) is 8.37. The van der Waals surface area contributed by atoms with Crippen LogP contribution in [0.4, 0.5) is 0 Å². The predicted molar refractivity (Wildman–Crippen MR) is 65.9 cm³/mol. The Kier molecular flexibility index (Phi) is 1.83. The first-order valence-corrected chi connectivity index (χ1v) is 5.54. The van der Waals surface area contributed by atoms with Gasteiger partial charge in [0.1, 0.15) is 0 Å². The molecule has 0 radical (unpaired) electrons. The number of pyridine rings is 1. The summed E-state index contributed by atoms with van der Waals surface area (Å²) in [5.41, 5.74) is 2.45. The lowest BCUT2D eigenvalue weighted by molar-refractivity contribution is 1.01. The van der Waals surface area contributed by atoms with E-state index in [0.29, 0.717) is 0 Å². The van der Waals surface area contributed by atoms with E-state index in [1.807, 2.05) is 18.5 Å². The second-order valence-electron chi connectivity index (χ2n) is 3.61. The lowest BCUT2D eigenvalue weighted by Crippen LogP contribution is -1.85. The van der Waals surface area contributed by atoms with Crippen molar-refractivity contribution in [3.63, 3.8) is 0 Å². The van der Waals surface area contributed by atoms with Gasteiger partial charge in [0.05, 0.1) is 11.0 Å². The summed E-state index contributed by atoms with van der Waals surface area (Å²) in [7, 11) is 2.08. The highest BCUT2D eigenvalue weighted by Crippen LogP contribution is 2.29. The Labute approximate surface area is 95.7 Å². The van der Waals surface area contributed by atoms with Gasteiger partial charge in [-0.1, -0.05) is 22.0 Å². The van der Waals surface area contributed by atoms with Crippen molar-refractivity contribution in [1.82, 2.24) is 9.55 Å². The molecule has 0 saturated heterocycles. The smallest absolute Gasteiger partial charge is 0.0519 e. The molecule has 15 heavy (non-hydrogen) atoms. The molecule has 3 rings (SSSR count). The number of fused-ring (bicyclic) bond motifs is 3. The molecule has 0 N–H and O–H groups in total. The topological polar surface area (TPSA) is 17.8 Å². The van der Waals surface area contributed by atoms with Crippen molar-refractivity contribution in [3.8, 4) is 0 Å². The van der Waals surface area contributed by atoms with Crippen molar-refractivity contribution >= 4 is 37.7 Å². The molecule has 0 aliphatic carbocycles. The molecule has 0 atom stereocenters. The van der Waals surface area contributed by atoms with Crippen molar-refractivity contribution in [2.24, 2.45) is 7.05 Å². The third kappa shape index (κ3) is 1.20. The summed E-state index contributed by atoms with van der Waals surface area (Å²) in [6.07, 6.45) is 3.75. The van der Waals surface area contributed by atoms with Gasteiger partial charge in [-0.25, -0.2) is 0 Å². The number of rotatable bonds is 0. The predicted octanol–water partition coefficient (Wildman–Crippen LogP) is 3.49. The van der Waals surface area contributed by atoms with E-state index in [-0.39, 0.29) is 0 Å². The minimum Gasteiger partial charge on any atom is -0.343 e. The number of hydrogen-bond acceptors (Lipinski definition) is 1. The minimum atomic E-state index is 1.11. The zero-order chi connectivity index (χ0) is 10.4. The summed E-state index contributed by atoms with van der Waals surface area (Å²) in [5.74, 6) is 0. The first-order chi connectivity index (χ1) is 7.27. The van der Waals surface area contributed by atoms with Crippen molar-refractivity contribution in [2.45, 2.75) is 0 Å². The highest BCUT2D eigenvalue weighted by atomic mass is 79.9. The Morgan fingerprint density at radius 3 is 2.87 bits per heavy atom. The molecule has 74 valence electrons. The van der Waals surface area contributed by atoms with Crippen molar-refractivity contribution in [3.05, 3.63) is 41.1 Å². The van der Waals surface area contributed by atoms with Crippen molar-refractivity contribution in [1.29, 1.82) is 0 Å². The summed E-state index contributed by atoms with van der Waals surface area (Å²) in [5, 5.41) is 2.46. The van der Waals surface area contributed by atoms with Crippen LogP contribution in [0, 0.1) is 0 Å². The van der Waals surface area contributed by atoms with Gasteiger partial charge in [0, 0.05) is 34.7 Å². The molecule has 0 spiro atoms. The molecular weight excluding hydrogens is 252 g/mol. The fourth-order valence-corrected chi connectivity index (χ4v) is 2.38. The maximum absolute atomic E-state index is 4.17. The zero-order valence-corrected chi connectivity index (χ0v) is 9.82. The second kappa shape index (κ2) is 3.07. The van der Waals surface area contributed by atoms with Gasteiger partial charge in [-0.15, -0.1) is 0 Å². The van der Waals surface area contributed by atoms with E-state index in [2.05, 4.69) is 50.7 Å². The van der Waals surface area contributed by atoms with Gasteiger partial charge in [0.2, 0.25) is 0 Å². The molecule has 0 amide bonds. The third-order valence-electron chi connectivity index (χ3n) is 2.77. The van der Waals surface area contributed by atoms with Crippen molar-refractivity contribution < 1.29 is 0 Å². The molecule has 0 unspecified atom stereocenters. The monoisotopic (exact) mass is 260 g/mol. The molecule has 0 aliphatic rings. The fourth-order valence-electron chi connectivity index (χ4n) is 2.03. The van der Waals surface area contributed by atoms with Gasteiger partial charge < -0.3 is 4.57 Å². The van der Waals surface area contributed by atoms with E-state index >= 15 is 0 Å². The maximum Gasteiger partial charge on any atom is 0.0519 e. The summed E-state index contributed by atoms with van der Waals surface area (Å²) in [4.78, 5) is 4.17. The third-order valence-corrected chi connectivity index (χ3v) is 3.26. The Hall–Kier alpha value is -1.35. The van der Waals surface area contributed by atoms with Crippen LogP contribution in [0.3, 0.4) is 0 Å². The lowest BCUT2D eigenvalue weighted by atomic mass is 10.2. The molecule has 2 nitrogen and oxygen atoms in total. The molecule has 0 bridgehead atoms. The van der Waals surface area contributed by atoms with Gasteiger partial charge >= 0.3 is 0 Å². The Bertz CT molecular complexity index is 655. The Morgan fingerprint density at radius 2 is 2.00 bits per heavy atom. The summed E-state index contributed by atoms with van der Waals surface area (Å²) >= 11 is 3.49. The van der Waals surface area contributed by atoms with Gasteiger partial charge in [-0.05, 0) is 18.2 Å². The SMILES string of the molecule is Cn1c2ccncc2c2ccc(Br)cc21. The number of halogens is 1. The summed E-state index contributed by atoms with van der Waals surface area (Å²) in [6.45, 7) is 0. The molecule has 1 aromatic carbocycles. The average molecular weight is 261 g/mol. The van der Waals surface area contributed by atoms with E-state index in [0.717, 1.165) is 4.47 Å². The largest absolute Gasteiger partial charge is 0.343 e. The molecule has 0 saturated carbocycles. The number of aromatic nitrogens is 2. The molecule has 3 aromatic rings. The number of aryl methyl sites for hydroxylation is 1. The number of hydrogen-bond donors (Lipinski definition) is 0. The van der Waals surface area contributed by atoms with Crippen LogP contribution < -0.4 is 0 Å². The van der Waals surface area contributed by atoms with Gasteiger partial charge in [0.15, 0.2) is 0 Å². The molecule has 2 heterocycles. The number of benzene rings is 1. The van der Waals surface area contributed by atoms with Crippen LogP contribution in [0.25, 0.3) is 21.8 Å². The molecule has 0 aliphatic heterocycles. The van der Waals surface area contributed by atoms with Crippen LogP contribution in [0.2, 0.25) is 0 Å². The first kappa shape index (κ1) is 8.92. The Balaban J connectivity index is 2.63. The normalized spacial score (nSPS) is 11.3. The van der Waals surface area contributed by atoms with Crippen molar-refractivity contribution in [2.75, 3.05) is 0 Å². The molecular formula is C12H9BrN2. The second-order valence-corrected chi connectivity index (χ2v) is 4.53. The minimum absolute atomic E-state index is 1.11.